The van der Waals surface area contributed by atoms with Gasteiger partial charge in [-0.3, -0.25) is 4.98 Å². The second kappa shape index (κ2) is 6.07. The minimum Gasteiger partial charge on any atom is -0.368 e. The Morgan fingerprint density at radius 1 is 1.08 bits per heavy atom. The molecular weight excluding hydrogens is 328 g/mol. The second-order valence-corrected chi connectivity index (χ2v) is 6.45. The van der Waals surface area contributed by atoms with Gasteiger partial charge in [-0.1, -0.05) is 6.07 Å². The number of pyridine rings is 2. The van der Waals surface area contributed by atoms with E-state index in [1.165, 1.54) is 0 Å². The minimum absolute atomic E-state index is 0.153. The molecule has 0 saturated heterocycles. The average molecular weight is 346 g/mol. The molecule has 0 fully saturated rings. The molecule has 8 heteroatoms. The first-order chi connectivity index (χ1) is 12.5. The Morgan fingerprint density at radius 3 is 2.77 bits per heavy atom. The van der Waals surface area contributed by atoms with Crippen molar-refractivity contribution in [3.63, 3.8) is 0 Å². The molecule has 0 aromatic carbocycles. The van der Waals surface area contributed by atoms with Gasteiger partial charge in [0.15, 0.2) is 5.82 Å². The van der Waals surface area contributed by atoms with E-state index in [0.29, 0.717) is 11.8 Å². The van der Waals surface area contributed by atoms with Gasteiger partial charge in [0.05, 0.1) is 29.3 Å². The highest BCUT2D eigenvalue weighted by Gasteiger charge is 2.23. The molecule has 4 aromatic rings. The highest BCUT2D eigenvalue weighted by molar-refractivity contribution is 5.61. The molecule has 0 radical (unpaired) electrons. The van der Waals surface area contributed by atoms with Crippen molar-refractivity contribution < 1.29 is 0 Å². The van der Waals surface area contributed by atoms with Crippen molar-refractivity contribution in [2.45, 2.75) is 19.4 Å². The highest BCUT2D eigenvalue weighted by Crippen LogP contribution is 2.24. The Hall–Kier alpha value is -3.55. The van der Waals surface area contributed by atoms with Gasteiger partial charge in [0.1, 0.15) is 0 Å². The topological polar surface area (TPSA) is 107 Å². The SMILES string of the molecule is CC(C)(Nc1nc(N)nc(-c2ccc3cncn3c2)n1)c1ccccn1. The van der Waals surface area contributed by atoms with Crippen LogP contribution in [0.5, 0.6) is 0 Å². The van der Waals surface area contributed by atoms with E-state index in [9.17, 15) is 0 Å². The number of nitrogens with zero attached hydrogens (tertiary/aromatic N) is 6. The third-order valence-corrected chi connectivity index (χ3v) is 4.05. The molecule has 26 heavy (non-hydrogen) atoms. The molecule has 0 aliphatic heterocycles. The molecule has 0 unspecified atom stereocenters. The van der Waals surface area contributed by atoms with Crippen molar-refractivity contribution in [2.75, 3.05) is 11.1 Å². The summed E-state index contributed by atoms with van der Waals surface area (Å²) in [4.78, 5) is 21.5. The van der Waals surface area contributed by atoms with Crippen LogP contribution in [0.15, 0.2) is 55.2 Å². The lowest BCUT2D eigenvalue weighted by atomic mass is 10.0. The minimum atomic E-state index is -0.472. The summed E-state index contributed by atoms with van der Waals surface area (Å²) in [7, 11) is 0. The van der Waals surface area contributed by atoms with Crippen LogP contribution < -0.4 is 11.1 Å². The Balaban J connectivity index is 1.70. The fourth-order valence-electron chi connectivity index (χ4n) is 2.71. The van der Waals surface area contributed by atoms with Crippen LogP contribution in [-0.4, -0.2) is 29.3 Å². The molecule has 3 N–H and O–H groups in total. The molecule has 0 spiro atoms. The summed E-state index contributed by atoms with van der Waals surface area (Å²) in [6.07, 6.45) is 7.18. The van der Waals surface area contributed by atoms with Gasteiger partial charge in [0.2, 0.25) is 11.9 Å². The van der Waals surface area contributed by atoms with Crippen molar-refractivity contribution in [1.29, 1.82) is 0 Å². The van der Waals surface area contributed by atoms with Gasteiger partial charge in [-0.2, -0.15) is 15.0 Å². The van der Waals surface area contributed by atoms with Crippen LogP contribution in [0.1, 0.15) is 19.5 Å². The molecule has 0 bridgehead atoms. The smallest absolute Gasteiger partial charge is 0.228 e. The van der Waals surface area contributed by atoms with Gasteiger partial charge < -0.3 is 15.5 Å². The summed E-state index contributed by atoms with van der Waals surface area (Å²) < 4.78 is 1.90. The molecule has 8 nitrogen and oxygen atoms in total. The van der Waals surface area contributed by atoms with E-state index >= 15 is 0 Å². The third kappa shape index (κ3) is 3.04. The summed E-state index contributed by atoms with van der Waals surface area (Å²) in [5.41, 5.74) is 8.13. The lowest BCUT2D eigenvalue weighted by Crippen LogP contribution is -2.30. The van der Waals surface area contributed by atoms with E-state index in [1.54, 1.807) is 18.7 Å². The van der Waals surface area contributed by atoms with E-state index in [-0.39, 0.29) is 5.95 Å². The van der Waals surface area contributed by atoms with Crippen LogP contribution in [-0.2, 0) is 5.54 Å². The number of hydrogen-bond acceptors (Lipinski definition) is 7. The van der Waals surface area contributed by atoms with Crippen LogP contribution in [0, 0.1) is 0 Å². The molecule has 0 amide bonds. The van der Waals surface area contributed by atoms with Gasteiger partial charge in [-0.05, 0) is 38.1 Å². The lowest BCUT2D eigenvalue weighted by Gasteiger charge is -2.25. The van der Waals surface area contributed by atoms with Crippen molar-refractivity contribution in [3.05, 3.63) is 60.9 Å². The zero-order chi connectivity index (χ0) is 18.1. The van der Waals surface area contributed by atoms with Crippen molar-refractivity contribution in [2.24, 2.45) is 0 Å². The number of anilines is 2. The Labute approximate surface area is 150 Å². The number of rotatable bonds is 4. The summed E-state index contributed by atoms with van der Waals surface area (Å²) in [6.45, 7) is 4.01. The molecule has 4 aromatic heterocycles. The average Bonchev–Trinajstić information content (AvgIpc) is 3.09. The van der Waals surface area contributed by atoms with E-state index in [0.717, 1.165) is 16.8 Å². The Morgan fingerprint density at radius 2 is 1.96 bits per heavy atom. The van der Waals surface area contributed by atoms with Crippen LogP contribution in [0.2, 0.25) is 0 Å². The first-order valence-corrected chi connectivity index (χ1v) is 8.15. The zero-order valence-corrected chi connectivity index (χ0v) is 14.5. The van der Waals surface area contributed by atoms with Gasteiger partial charge in [-0.15, -0.1) is 0 Å². The lowest BCUT2D eigenvalue weighted by molar-refractivity contribution is 0.580. The second-order valence-electron chi connectivity index (χ2n) is 6.45. The maximum Gasteiger partial charge on any atom is 0.228 e. The summed E-state index contributed by atoms with van der Waals surface area (Å²) in [5, 5.41) is 3.29. The molecule has 0 saturated carbocycles. The number of fused-ring (bicyclic) bond motifs is 1. The predicted octanol–water partition coefficient (Wildman–Crippen LogP) is 2.51. The number of nitrogen functional groups attached to an aromatic ring is 1. The van der Waals surface area contributed by atoms with Crippen LogP contribution in [0.4, 0.5) is 11.9 Å². The van der Waals surface area contributed by atoms with Crippen LogP contribution in [0.3, 0.4) is 0 Å². The van der Waals surface area contributed by atoms with E-state index in [4.69, 9.17) is 5.73 Å². The first-order valence-electron chi connectivity index (χ1n) is 8.15. The van der Waals surface area contributed by atoms with E-state index in [2.05, 4.69) is 30.2 Å². The molecule has 130 valence electrons. The molecule has 4 rings (SSSR count). The summed E-state index contributed by atoms with van der Waals surface area (Å²) >= 11 is 0. The third-order valence-electron chi connectivity index (χ3n) is 4.05. The summed E-state index contributed by atoms with van der Waals surface area (Å²) in [6, 6.07) is 9.66. The first kappa shape index (κ1) is 15.9. The van der Waals surface area contributed by atoms with Gasteiger partial charge in [0, 0.05) is 18.0 Å². The van der Waals surface area contributed by atoms with E-state index < -0.39 is 5.54 Å². The normalized spacial score (nSPS) is 11.6. The van der Waals surface area contributed by atoms with Gasteiger partial charge in [0.25, 0.3) is 0 Å². The van der Waals surface area contributed by atoms with Crippen molar-refractivity contribution >= 4 is 17.4 Å². The zero-order valence-electron chi connectivity index (χ0n) is 14.5. The summed E-state index contributed by atoms with van der Waals surface area (Å²) in [5.74, 6) is 1.04. The van der Waals surface area contributed by atoms with Crippen molar-refractivity contribution in [3.8, 4) is 11.4 Å². The number of hydrogen-bond donors (Lipinski definition) is 2. The Bertz CT molecular complexity index is 1060. The van der Waals surface area contributed by atoms with Crippen LogP contribution in [0.25, 0.3) is 16.9 Å². The highest BCUT2D eigenvalue weighted by atomic mass is 15.2. The maximum atomic E-state index is 5.91. The standard InChI is InChI=1S/C18H18N8/c1-18(2,14-5-3-4-8-21-14)25-17-23-15(22-16(19)24-17)12-6-7-13-9-20-11-26(13)10-12/h3-11H,1-2H3,(H3,19,22,23,24,25). The van der Waals surface area contributed by atoms with Gasteiger partial charge >= 0.3 is 0 Å². The fraction of sp³-hybridized carbons (Fsp3) is 0.167. The molecule has 0 aliphatic rings. The maximum absolute atomic E-state index is 5.91. The largest absolute Gasteiger partial charge is 0.368 e. The predicted molar refractivity (Wildman–Crippen MR) is 99.3 cm³/mol. The number of nitrogens with one attached hydrogen (secondary N) is 1. The van der Waals surface area contributed by atoms with Crippen LogP contribution >= 0.6 is 0 Å². The molecule has 4 heterocycles. The van der Waals surface area contributed by atoms with E-state index in [1.807, 2.05) is 54.8 Å². The fourth-order valence-corrected chi connectivity index (χ4v) is 2.71. The quantitative estimate of drug-likeness (QED) is 0.584. The van der Waals surface area contributed by atoms with Crippen molar-refractivity contribution in [1.82, 2.24) is 29.3 Å². The number of imidazole rings is 1. The molecule has 0 atom stereocenters. The number of nitrogens with two attached hydrogens (primary N) is 1. The molecular formula is C18H18N8. The Kier molecular flexibility index (Phi) is 3.72. The monoisotopic (exact) mass is 346 g/mol. The molecule has 0 aliphatic carbocycles. The number of aromatic nitrogens is 6. The van der Waals surface area contributed by atoms with Gasteiger partial charge in [-0.25, -0.2) is 4.98 Å².